The van der Waals surface area contributed by atoms with E-state index in [0.717, 1.165) is 12.0 Å². The SMILES string of the molecule is COc1ccc([S+]([O-])N(CC(C)C)C[C@@H](O)[C@H](Cc2ccccc2)NC(=O)C[C@@H]2CO[C@@H]3OCC[C@H]23)cc1. The van der Waals surface area contributed by atoms with Gasteiger partial charge in [0.2, 0.25) is 5.91 Å². The highest BCUT2D eigenvalue weighted by Gasteiger charge is 2.42. The Balaban J connectivity index is 1.46. The molecule has 1 unspecified atom stereocenters. The van der Waals surface area contributed by atoms with Crippen molar-refractivity contribution in [3.05, 3.63) is 60.2 Å². The normalized spacial score (nSPS) is 23.3. The van der Waals surface area contributed by atoms with Gasteiger partial charge in [0.25, 0.3) is 0 Å². The van der Waals surface area contributed by atoms with E-state index in [0.29, 0.717) is 43.2 Å². The third-order valence-electron chi connectivity index (χ3n) is 7.17. The first-order valence-electron chi connectivity index (χ1n) is 13.4. The molecule has 2 N–H and O–H groups in total. The molecule has 0 aliphatic carbocycles. The number of methoxy groups -OCH3 is 1. The Labute approximate surface area is 229 Å². The minimum absolute atomic E-state index is 0.108. The van der Waals surface area contributed by atoms with Crippen molar-refractivity contribution < 1.29 is 28.7 Å². The zero-order valence-electron chi connectivity index (χ0n) is 22.5. The summed E-state index contributed by atoms with van der Waals surface area (Å²) in [5.41, 5.74) is 1.01. The van der Waals surface area contributed by atoms with Crippen LogP contribution >= 0.6 is 0 Å². The van der Waals surface area contributed by atoms with Crippen LogP contribution in [0.1, 0.15) is 32.3 Å². The van der Waals surface area contributed by atoms with Crippen LogP contribution < -0.4 is 10.1 Å². The predicted octanol–water partition coefficient (Wildman–Crippen LogP) is 3.16. The number of rotatable bonds is 13. The van der Waals surface area contributed by atoms with Gasteiger partial charge in [-0.1, -0.05) is 44.2 Å². The lowest BCUT2D eigenvalue weighted by Crippen LogP contribution is -2.51. The second kappa shape index (κ2) is 13.8. The summed E-state index contributed by atoms with van der Waals surface area (Å²) in [7, 11) is 1.59. The molecule has 38 heavy (non-hydrogen) atoms. The van der Waals surface area contributed by atoms with Crippen LogP contribution in [0.5, 0.6) is 5.75 Å². The maximum absolute atomic E-state index is 13.5. The molecule has 2 aromatic rings. The van der Waals surface area contributed by atoms with Crippen molar-refractivity contribution in [3.63, 3.8) is 0 Å². The average molecular weight is 545 g/mol. The summed E-state index contributed by atoms with van der Waals surface area (Å²) in [4.78, 5) is 13.8. The first kappa shape index (κ1) is 28.9. The molecule has 2 heterocycles. The average Bonchev–Trinajstić information content (AvgIpc) is 3.53. The molecule has 2 aromatic carbocycles. The van der Waals surface area contributed by atoms with Crippen LogP contribution in [0.4, 0.5) is 0 Å². The first-order valence-corrected chi connectivity index (χ1v) is 14.5. The molecule has 4 rings (SSSR count). The zero-order chi connectivity index (χ0) is 27.1. The van der Waals surface area contributed by atoms with Crippen LogP contribution in [-0.4, -0.2) is 71.7 Å². The van der Waals surface area contributed by atoms with E-state index < -0.39 is 23.5 Å². The Morgan fingerprint density at radius 1 is 1.16 bits per heavy atom. The van der Waals surface area contributed by atoms with E-state index in [1.54, 1.807) is 35.7 Å². The van der Waals surface area contributed by atoms with E-state index in [2.05, 4.69) is 19.2 Å². The molecule has 2 aliphatic rings. The highest BCUT2D eigenvalue weighted by Crippen LogP contribution is 2.37. The number of benzene rings is 2. The van der Waals surface area contributed by atoms with Crippen LogP contribution in [0, 0.1) is 17.8 Å². The van der Waals surface area contributed by atoms with Gasteiger partial charge in [-0.25, -0.2) is 0 Å². The van der Waals surface area contributed by atoms with Crippen molar-refractivity contribution in [2.75, 3.05) is 33.4 Å². The predicted molar refractivity (Wildman–Crippen MR) is 146 cm³/mol. The fourth-order valence-corrected chi connectivity index (χ4v) is 6.60. The van der Waals surface area contributed by atoms with Crippen molar-refractivity contribution in [3.8, 4) is 5.75 Å². The first-order chi connectivity index (χ1) is 18.3. The van der Waals surface area contributed by atoms with Gasteiger partial charge in [0, 0.05) is 18.9 Å². The number of nitrogens with one attached hydrogen (secondary N) is 1. The molecule has 208 valence electrons. The number of carbonyl (C=O) groups is 1. The Morgan fingerprint density at radius 3 is 2.58 bits per heavy atom. The molecular formula is C29H40N2O6S. The number of aliphatic hydroxyl groups is 1. The molecule has 0 aromatic heterocycles. The molecule has 2 aliphatic heterocycles. The van der Waals surface area contributed by atoms with Crippen molar-refractivity contribution in [2.24, 2.45) is 17.8 Å². The van der Waals surface area contributed by atoms with E-state index in [4.69, 9.17) is 14.2 Å². The van der Waals surface area contributed by atoms with E-state index in [9.17, 15) is 14.5 Å². The third-order valence-corrected chi connectivity index (χ3v) is 8.62. The molecule has 1 amide bonds. The Bertz CT molecular complexity index is 1010. The molecule has 2 saturated heterocycles. The van der Waals surface area contributed by atoms with Gasteiger partial charge in [-0.2, -0.15) is 0 Å². The minimum atomic E-state index is -1.48. The smallest absolute Gasteiger partial charge is 0.220 e. The number of aliphatic hydroxyl groups excluding tert-OH is 1. The summed E-state index contributed by atoms with van der Waals surface area (Å²) >= 11 is -1.48. The molecule has 2 fully saturated rings. The maximum atomic E-state index is 13.5. The highest BCUT2D eigenvalue weighted by molar-refractivity contribution is 7.89. The Morgan fingerprint density at radius 2 is 1.89 bits per heavy atom. The van der Waals surface area contributed by atoms with Gasteiger partial charge in [-0.3, -0.25) is 4.79 Å². The van der Waals surface area contributed by atoms with Crippen LogP contribution in [0.3, 0.4) is 0 Å². The number of carbonyl (C=O) groups excluding carboxylic acids is 1. The number of hydrogen-bond acceptors (Lipinski definition) is 7. The van der Waals surface area contributed by atoms with E-state index >= 15 is 0 Å². The van der Waals surface area contributed by atoms with Gasteiger partial charge in [0.1, 0.15) is 5.75 Å². The number of hydrogen-bond donors (Lipinski definition) is 2. The third kappa shape index (κ3) is 7.71. The number of nitrogens with zero attached hydrogens (tertiary/aromatic N) is 1. The molecule has 0 saturated carbocycles. The van der Waals surface area contributed by atoms with Crippen molar-refractivity contribution in [2.45, 2.75) is 56.4 Å². The fraction of sp³-hybridized carbons (Fsp3) is 0.552. The van der Waals surface area contributed by atoms with Crippen molar-refractivity contribution in [1.29, 1.82) is 0 Å². The van der Waals surface area contributed by atoms with Crippen LogP contribution in [0.15, 0.2) is 59.5 Å². The van der Waals surface area contributed by atoms with Gasteiger partial charge >= 0.3 is 0 Å². The molecule has 8 nitrogen and oxygen atoms in total. The summed E-state index contributed by atoms with van der Waals surface area (Å²) < 4.78 is 31.8. The summed E-state index contributed by atoms with van der Waals surface area (Å²) in [5.74, 6) is 1.16. The quantitative estimate of drug-likeness (QED) is 0.374. The van der Waals surface area contributed by atoms with E-state index in [1.165, 1.54) is 0 Å². The maximum Gasteiger partial charge on any atom is 0.220 e. The lowest BCUT2D eigenvalue weighted by Gasteiger charge is -2.31. The van der Waals surface area contributed by atoms with Crippen LogP contribution in [0.2, 0.25) is 0 Å². The molecule has 0 radical (unpaired) electrons. The lowest BCUT2D eigenvalue weighted by atomic mass is 9.90. The van der Waals surface area contributed by atoms with Crippen molar-refractivity contribution >= 4 is 17.3 Å². The Kier molecular flexibility index (Phi) is 10.5. The van der Waals surface area contributed by atoms with E-state index in [-0.39, 0.29) is 36.5 Å². The molecule has 9 heteroatoms. The van der Waals surface area contributed by atoms with E-state index in [1.807, 2.05) is 30.3 Å². The molecular weight excluding hydrogens is 504 g/mol. The summed E-state index contributed by atoms with van der Waals surface area (Å²) in [6.45, 7) is 5.97. The molecule has 0 bridgehead atoms. The summed E-state index contributed by atoms with van der Waals surface area (Å²) in [5, 5.41) is 14.5. The van der Waals surface area contributed by atoms with Gasteiger partial charge in [0.15, 0.2) is 11.2 Å². The lowest BCUT2D eigenvalue weighted by molar-refractivity contribution is -0.124. The standard InChI is InChI=1S/C29H40N2O6S/c1-20(2)17-31(38(34)24-11-9-23(35-3)10-12-24)18-27(32)26(15-21-7-5-4-6-8-21)30-28(33)16-22-19-37-29-25(22)13-14-36-29/h4-12,20,22,25-27,29,32H,13-19H2,1-3H3,(H,30,33)/t22-,25-,26+,27-,29+,38?/m1/s1. The van der Waals surface area contributed by atoms with Crippen molar-refractivity contribution in [1.82, 2.24) is 9.62 Å². The van der Waals surface area contributed by atoms with Gasteiger partial charge in [0.05, 0.1) is 50.4 Å². The summed E-state index contributed by atoms with van der Waals surface area (Å²) in [6.07, 6.45) is 0.573. The monoisotopic (exact) mass is 544 g/mol. The second-order valence-corrected chi connectivity index (χ2v) is 12.1. The Hall–Kier alpha value is -2.14. The van der Waals surface area contributed by atoms with Gasteiger partial charge in [-0.05, 0) is 54.5 Å². The topological polar surface area (TPSA) is 103 Å². The number of ether oxygens (including phenoxy) is 3. The highest BCUT2D eigenvalue weighted by atomic mass is 32.2. The summed E-state index contributed by atoms with van der Waals surface area (Å²) in [6, 6.07) is 16.4. The van der Waals surface area contributed by atoms with Gasteiger partial charge in [-0.15, -0.1) is 4.31 Å². The largest absolute Gasteiger partial charge is 0.593 e. The van der Waals surface area contributed by atoms with Gasteiger partial charge < -0.3 is 29.2 Å². The molecule has 0 spiro atoms. The number of amides is 1. The molecule has 6 atom stereocenters. The zero-order valence-corrected chi connectivity index (χ0v) is 23.3. The number of fused-ring (bicyclic) bond motifs is 1. The second-order valence-electron chi connectivity index (χ2n) is 10.6. The minimum Gasteiger partial charge on any atom is -0.593 e. The van der Waals surface area contributed by atoms with Crippen LogP contribution in [-0.2, 0) is 32.1 Å². The van der Waals surface area contributed by atoms with Crippen LogP contribution in [0.25, 0.3) is 0 Å². The fourth-order valence-electron chi connectivity index (χ4n) is 5.21.